The average molecular weight is 417 g/mol. The van der Waals surface area contributed by atoms with Gasteiger partial charge in [0, 0.05) is 32.0 Å². The Morgan fingerprint density at radius 1 is 1.10 bits per heavy atom. The van der Waals surface area contributed by atoms with E-state index in [4.69, 9.17) is 9.84 Å². The van der Waals surface area contributed by atoms with Gasteiger partial charge in [-0.15, -0.1) is 0 Å². The molecule has 2 aliphatic rings. The number of likely N-dealkylation sites (tertiary alicyclic amines) is 1. The Hall–Kier alpha value is -2.21. The third kappa shape index (κ3) is 4.59. The van der Waals surface area contributed by atoms with Gasteiger partial charge in [-0.3, -0.25) is 9.69 Å². The number of nitrogens with zero attached hydrogens (tertiary/aromatic N) is 1. The van der Waals surface area contributed by atoms with Gasteiger partial charge in [-0.2, -0.15) is 0 Å². The Morgan fingerprint density at radius 2 is 1.77 bits per heavy atom. The molecule has 1 saturated heterocycles. The van der Waals surface area contributed by atoms with E-state index < -0.39 is 17.8 Å². The molecule has 0 amide bonds. The first-order chi connectivity index (χ1) is 14.3. The molecular formula is C24H29F2NO3. The minimum atomic E-state index is -2.56. The number of carboxylic acid groups (broad SMARTS) is 1. The van der Waals surface area contributed by atoms with Gasteiger partial charge >= 0.3 is 5.97 Å². The summed E-state index contributed by atoms with van der Waals surface area (Å²) in [7, 11) is 0. The summed E-state index contributed by atoms with van der Waals surface area (Å²) >= 11 is 0. The zero-order chi connectivity index (χ0) is 21.3. The molecule has 0 radical (unpaired) electrons. The quantitative estimate of drug-likeness (QED) is 0.661. The van der Waals surface area contributed by atoms with Crippen LogP contribution in [0.25, 0.3) is 10.8 Å². The summed E-state index contributed by atoms with van der Waals surface area (Å²) in [5, 5.41) is 11.2. The summed E-state index contributed by atoms with van der Waals surface area (Å²) in [5.41, 5.74) is 1.16. The van der Waals surface area contributed by atoms with Crippen molar-refractivity contribution in [3.8, 4) is 5.75 Å². The number of carbonyl (C=O) groups is 1. The second kappa shape index (κ2) is 8.50. The molecule has 4 rings (SSSR count). The molecule has 0 aromatic heterocycles. The van der Waals surface area contributed by atoms with E-state index in [2.05, 4.69) is 23.1 Å². The van der Waals surface area contributed by atoms with Crippen molar-refractivity contribution in [1.82, 2.24) is 4.90 Å². The van der Waals surface area contributed by atoms with Crippen LogP contribution in [0.2, 0.25) is 0 Å². The molecule has 1 saturated carbocycles. The number of alkyl halides is 2. The van der Waals surface area contributed by atoms with Crippen LogP contribution in [0.5, 0.6) is 5.75 Å². The van der Waals surface area contributed by atoms with Gasteiger partial charge in [0.2, 0.25) is 0 Å². The number of halogens is 2. The fourth-order valence-electron chi connectivity index (χ4n) is 4.64. The molecular weight excluding hydrogens is 388 g/mol. The Balaban J connectivity index is 1.34. The van der Waals surface area contributed by atoms with Gasteiger partial charge < -0.3 is 9.84 Å². The van der Waals surface area contributed by atoms with E-state index in [1.165, 1.54) is 0 Å². The molecule has 1 heterocycles. The van der Waals surface area contributed by atoms with E-state index in [0.29, 0.717) is 38.8 Å². The molecule has 6 heteroatoms. The highest BCUT2D eigenvalue weighted by Gasteiger charge is 2.40. The van der Waals surface area contributed by atoms with Gasteiger partial charge in [0.25, 0.3) is 5.92 Å². The predicted molar refractivity (Wildman–Crippen MR) is 112 cm³/mol. The third-order valence-electron chi connectivity index (χ3n) is 6.63. The van der Waals surface area contributed by atoms with E-state index in [1.807, 2.05) is 18.2 Å². The van der Waals surface area contributed by atoms with Gasteiger partial charge in [0.05, 0.1) is 12.0 Å². The minimum Gasteiger partial charge on any atom is -0.490 e. The van der Waals surface area contributed by atoms with Crippen molar-refractivity contribution < 1.29 is 23.4 Å². The van der Waals surface area contributed by atoms with Gasteiger partial charge in [-0.1, -0.05) is 25.1 Å². The maximum Gasteiger partial charge on any atom is 0.309 e. The normalized spacial score (nSPS) is 23.3. The van der Waals surface area contributed by atoms with Crippen LogP contribution in [0.3, 0.4) is 0 Å². The van der Waals surface area contributed by atoms with Crippen molar-refractivity contribution in [3.05, 3.63) is 42.0 Å². The molecule has 2 fully saturated rings. The summed E-state index contributed by atoms with van der Waals surface area (Å²) in [6, 6.07) is 12.2. The van der Waals surface area contributed by atoms with Crippen molar-refractivity contribution in [2.24, 2.45) is 11.8 Å². The number of hydrogen-bond donors (Lipinski definition) is 1. The van der Waals surface area contributed by atoms with E-state index in [9.17, 15) is 13.6 Å². The lowest BCUT2D eigenvalue weighted by Crippen LogP contribution is -2.49. The summed E-state index contributed by atoms with van der Waals surface area (Å²) in [6.45, 7) is 3.52. The maximum absolute atomic E-state index is 13.9. The highest BCUT2D eigenvalue weighted by molar-refractivity contribution is 5.84. The van der Waals surface area contributed by atoms with Crippen LogP contribution in [-0.2, 0) is 11.3 Å². The van der Waals surface area contributed by atoms with Crippen LogP contribution in [0.1, 0.15) is 44.6 Å². The number of rotatable bonds is 7. The minimum absolute atomic E-state index is 0.000716. The van der Waals surface area contributed by atoms with Gasteiger partial charge in [-0.05, 0) is 60.2 Å². The summed E-state index contributed by atoms with van der Waals surface area (Å²) in [5.74, 6) is -3.25. The van der Waals surface area contributed by atoms with Gasteiger partial charge in [0.15, 0.2) is 0 Å². The summed E-state index contributed by atoms with van der Waals surface area (Å²) in [6.07, 6.45) is 2.28. The highest BCUT2D eigenvalue weighted by atomic mass is 19.3. The van der Waals surface area contributed by atoms with Gasteiger partial charge in [-0.25, -0.2) is 8.78 Å². The third-order valence-corrected chi connectivity index (χ3v) is 6.63. The average Bonchev–Trinajstić information content (AvgIpc) is 2.70. The van der Waals surface area contributed by atoms with E-state index in [-0.39, 0.29) is 18.4 Å². The second-order valence-electron chi connectivity index (χ2n) is 8.78. The fourth-order valence-corrected chi connectivity index (χ4v) is 4.64. The van der Waals surface area contributed by atoms with Crippen LogP contribution in [0.15, 0.2) is 36.4 Å². The fraction of sp³-hybridized carbons (Fsp3) is 0.542. The largest absolute Gasteiger partial charge is 0.490 e. The van der Waals surface area contributed by atoms with Gasteiger partial charge in [0.1, 0.15) is 5.75 Å². The second-order valence-corrected chi connectivity index (χ2v) is 8.78. The number of fused-ring (bicyclic) bond motifs is 1. The zero-order valence-electron chi connectivity index (χ0n) is 17.3. The number of aliphatic carboxylic acids is 1. The predicted octanol–water partition coefficient (Wildman–Crippen LogP) is 5.34. The zero-order valence-corrected chi connectivity index (χ0v) is 17.3. The molecule has 2 aromatic rings. The lowest BCUT2D eigenvalue weighted by molar-refractivity contribution is -0.147. The topological polar surface area (TPSA) is 49.8 Å². The molecule has 2 aromatic carbocycles. The van der Waals surface area contributed by atoms with Crippen molar-refractivity contribution in [2.45, 2.75) is 57.6 Å². The van der Waals surface area contributed by atoms with Crippen molar-refractivity contribution in [1.29, 1.82) is 0 Å². The lowest BCUT2D eigenvalue weighted by atomic mass is 9.82. The standard InChI is InChI=1S/C24H29F2NO3/c1-2-24(25,26)20-6-9-21(10-7-20)30-22-8-5-17-11-16(3-4-18(17)12-22)13-27-14-19(15-27)23(28)29/h3-5,8,11-12,19-21H,2,6-7,9-10,13-15H2,1H3,(H,28,29)/t20-,21-. The monoisotopic (exact) mass is 417 g/mol. The molecule has 1 aliphatic carbocycles. The Labute approximate surface area is 175 Å². The molecule has 0 bridgehead atoms. The van der Waals surface area contributed by atoms with Crippen LogP contribution >= 0.6 is 0 Å². The van der Waals surface area contributed by atoms with E-state index >= 15 is 0 Å². The van der Waals surface area contributed by atoms with Crippen LogP contribution in [0, 0.1) is 11.8 Å². The van der Waals surface area contributed by atoms with Crippen molar-refractivity contribution in [3.63, 3.8) is 0 Å². The van der Waals surface area contributed by atoms with Crippen LogP contribution in [0.4, 0.5) is 8.78 Å². The van der Waals surface area contributed by atoms with E-state index in [0.717, 1.165) is 28.6 Å². The Morgan fingerprint density at radius 3 is 2.43 bits per heavy atom. The molecule has 0 unspecified atom stereocenters. The molecule has 0 atom stereocenters. The number of benzene rings is 2. The van der Waals surface area contributed by atoms with Crippen molar-refractivity contribution in [2.75, 3.05) is 13.1 Å². The molecule has 30 heavy (non-hydrogen) atoms. The van der Waals surface area contributed by atoms with Crippen LogP contribution < -0.4 is 4.74 Å². The first-order valence-electron chi connectivity index (χ1n) is 10.9. The first-order valence-corrected chi connectivity index (χ1v) is 10.9. The SMILES string of the molecule is CCC(F)(F)[C@H]1CC[C@H](Oc2ccc3cc(CN4CC(C(=O)O)C4)ccc3c2)CC1. The Bertz CT molecular complexity index is 902. The molecule has 4 nitrogen and oxygen atoms in total. The van der Waals surface area contributed by atoms with Crippen molar-refractivity contribution >= 4 is 16.7 Å². The number of carboxylic acids is 1. The number of hydrogen-bond acceptors (Lipinski definition) is 3. The molecule has 0 spiro atoms. The molecule has 162 valence electrons. The first kappa shape index (κ1) is 21.0. The van der Waals surface area contributed by atoms with Crippen LogP contribution in [-0.4, -0.2) is 41.1 Å². The molecule has 1 N–H and O–H groups in total. The molecule has 1 aliphatic heterocycles. The summed E-state index contributed by atoms with van der Waals surface area (Å²) < 4.78 is 33.9. The van der Waals surface area contributed by atoms with E-state index in [1.54, 1.807) is 6.92 Å². The lowest BCUT2D eigenvalue weighted by Gasteiger charge is -2.36. The Kier molecular flexibility index (Phi) is 5.96. The highest BCUT2D eigenvalue weighted by Crippen LogP contribution is 2.39. The summed E-state index contributed by atoms with van der Waals surface area (Å²) in [4.78, 5) is 13.1. The smallest absolute Gasteiger partial charge is 0.309 e. The number of ether oxygens (including phenoxy) is 1. The maximum atomic E-state index is 13.9.